The summed E-state index contributed by atoms with van der Waals surface area (Å²) in [7, 11) is -3.96. The predicted octanol–water partition coefficient (Wildman–Crippen LogP) is 1.64. The number of nitrogens with zero attached hydrogens (tertiary/aromatic N) is 2. The Kier molecular flexibility index (Phi) is 8.19. The molecule has 0 bridgehead atoms. The van der Waals surface area contributed by atoms with Gasteiger partial charge in [0.1, 0.15) is 6.04 Å². The van der Waals surface area contributed by atoms with Crippen molar-refractivity contribution in [2.24, 2.45) is 5.92 Å². The SMILES string of the molecule is CCOC(=O)N1CCC(NC(=O)C(NS(=O)(=O)c2ccc3c(c2)CCN3C(C)=O)C(C)C)CC1. The third kappa shape index (κ3) is 5.87. The van der Waals surface area contributed by atoms with Gasteiger partial charge in [0.25, 0.3) is 0 Å². The molecule has 2 aliphatic heterocycles. The average molecular weight is 495 g/mol. The Labute approximate surface area is 201 Å². The highest BCUT2D eigenvalue weighted by Crippen LogP contribution is 2.30. The second-order valence-corrected chi connectivity index (χ2v) is 10.7. The number of likely N-dealkylation sites (tertiary alicyclic amines) is 1. The highest BCUT2D eigenvalue weighted by molar-refractivity contribution is 7.89. The van der Waals surface area contributed by atoms with Crippen molar-refractivity contribution in [3.63, 3.8) is 0 Å². The molecule has 11 heteroatoms. The van der Waals surface area contributed by atoms with Gasteiger partial charge in [0.05, 0.1) is 11.5 Å². The van der Waals surface area contributed by atoms with E-state index in [0.29, 0.717) is 45.5 Å². The van der Waals surface area contributed by atoms with Crippen LogP contribution in [0.25, 0.3) is 0 Å². The number of anilines is 1. The minimum Gasteiger partial charge on any atom is -0.450 e. The van der Waals surface area contributed by atoms with Gasteiger partial charge in [0.15, 0.2) is 0 Å². The van der Waals surface area contributed by atoms with E-state index in [9.17, 15) is 22.8 Å². The van der Waals surface area contributed by atoms with Crippen LogP contribution < -0.4 is 14.9 Å². The number of sulfonamides is 1. The molecule has 1 aromatic rings. The first-order valence-electron chi connectivity index (χ1n) is 11.7. The van der Waals surface area contributed by atoms with E-state index >= 15 is 0 Å². The quantitative estimate of drug-likeness (QED) is 0.594. The molecule has 0 saturated carbocycles. The van der Waals surface area contributed by atoms with Gasteiger partial charge in [-0.15, -0.1) is 0 Å². The summed E-state index contributed by atoms with van der Waals surface area (Å²) in [4.78, 5) is 39.9. The van der Waals surface area contributed by atoms with E-state index in [2.05, 4.69) is 10.0 Å². The van der Waals surface area contributed by atoms with E-state index in [0.717, 1.165) is 11.3 Å². The van der Waals surface area contributed by atoms with E-state index in [1.807, 2.05) is 0 Å². The molecule has 10 nitrogen and oxygen atoms in total. The van der Waals surface area contributed by atoms with Crippen molar-refractivity contribution >= 4 is 33.6 Å². The molecule has 1 atom stereocenters. The predicted molar refractivity (Wildman–Crippen MR) is 127 cm³/mol. The second-order valence-electron chi connectivity index (χ2n) is 9.02. The molecule has 1 saturated heterocycles. The first-order valence-corrected chi connectivity index (χ1v) is 13.2. The highest BCUT2D eigenvalue weighted by atomic mass is 32.2. The molecule has 2 aliphatic rings. The minimum absolute atomic E-state index is 0.0675. The number of ether oxygens (including phenoxy) is 1. The van der Waals surface area contributed by atoms with Crippen molar-refractivity contribution in [3.05, 3.63) is 23.8 Å². The van der Waals surface area contributed by atoms with Crippen molar-refractivity contribution in [1.82, 2.24) is 14.9 Å². The molecule has 3 amide bonds. The molecule has 0 radical (unpaired) electrons. The number of carbonyl (C=O) groups excluding carboxylic acids is 3. The maximum absolute atomic E-state index is 13.1. The number of hydrogen-bond donors (Lipinski definition) is 2. The first-order chi connectivity index (χ1) is 16.0. The topological polar surface area (TPSA) is 125 Å². The number of piperidine rings is 1. The Bertz CT molecular complexity index is 1030. The summed E-state index contributed by atoms with van der Waals surface area (Å²) in [6.07, 6.45) is 1.36. The summed E-state index contributed by atoms with van der Waals surface area (Å²) in [5.41, 5.74) is 1.51. The number of benzene rings is 1. The monoisotopic (exact) mass is 494 g/mol. The zero-order valence-corrected chi connectivity index (χ0v) is 21.0. The fourth-order valence-corrected chi connectivity index (χ4v) is 5.71. The lowest BCUT2D eigenvalue weighted by Gasteiger charge is -2.33. The molecule has 1 aromatic carbocycles. The number of carbonyl (C=O) groups is 3. The van der Waals surface area contributed by atoms with Crippen molar-refractivity contribution in [2.45, 2.75) is 63.9 Å². The third-order valence-electron chi connectivity index (χ3n) is 6.24. The summed E-state index contributed by atoms with van der Waals surface area (Å²) in [6.45, 7) is 8.56. The lowest BCUT2D eigenvalue weighted by Crippen LogP contribution is -2.54. The Morgan fingerprint density at radius 2 is 1.82 bits per heavy atom. The standard InChI is InChI=1S/C23H34N4O6S/c1-5-33-23(30)26-11-9-18(10-12-26)24-22(29)21(15(2)3)25-34(31,32)19-6-7-20-17(14-19)8-13-27(20)16(4)28/h6-7,14-15,18,21,25H,5,8-13H2,1-4H3,(H,24,29). The van der Waals surface area contributed by atoms with Crippen LogP contribution >= 0.6 is 0 Å². The van der Waals surface area contributed by atoms with Crippen LogP contribution in [0.15, 0.2) is 23.1 Å². The van der Waals surface area contributed by atoms with E-state index in [4.69, 9.17) is 4.74 Å². The Morgan fingerprint density at radius 1 is 1.15 bits per heavy atom. The maximum atomic E-state index is 13.1. The van der Waals surface area contributed by atoms with Crippen LogP contribution in [0, 0.1) is 5.92 Å². The van der Waals surface area contributed by atoms with Crippen molar-refractivity contribution in [2.75, 3.05) is 31.1 Å². The zero-order valence-electron chi connectivity index (χ0n) is 20.2. The van der Waals surface area contributed by atoms with Gasteiger partial charge >= 0.3 is 6.09 Å². The molecule has 2 N–H and O–H groups in total. The lowest BCUT2D eigenvalue weighted by atomic mass is 10.0. The maximum Gasteiger partial charge on any atom is 0.409 e. The molecule has 0 spiro atoms. The zero-order chi connectivity index (χ0) is 25.0. The van der Waals surface area contributed by atoms with Crippen LogP contribution in [-0.4, -0.2) is 69.6 Å². The van der Waals surface area contributed by atoms with Crippen LogP contribution in [0.5, 0.6) is 0 Å². The van der Waals surface area contributed by atoms with Crippen LogP contribution in [0.4, 0.5) is 10.5 Å². The molecule has 34 heavy (non-hydrogen) atoms. The van der Waals surface area contributed by atoms with Gasteiger partial charge in [-0.3, -0.25) is 9.59 Å². The van der Waals surface area contributed by atoms with E-state index in [1.54, 1.807) is 42.7 Å². The second kappa shape index (κ2) is 10.7. The van der Waals surface area contributed by atoms with Crippen molar-refractivity contribution < 1.29 is 27.5 Å². The summed E-state index contributed by atoms with van der Waals surface area (Å²) >= 11 is 0. The van der Waals surface area contributed by atoms with Crippen LogP contribution in [0.2, 0.25) is 0 Å². The van der Waals surface area contributed by atoms with E-state index in [1.165, 1.54) is 13.0 Å². The molecule has 1 unspecified atom stereocenters. The Balaban J connectivity index is 1.65. The molecular weight excluding hydrogens is 460 g/mol. The van der Waals surface area contributed by atoms with Gasteiger partial charge in [-0.2, -0.15) is 4.72 Å². The first kappa shape index (κ1) is 26.0. The molecule has 0 aliphatic carbocycles. The third-order valence-corrected chi connectivity index (χ3v) is 7.67. The number of nitrogens with one attached hydrogen (secondary N) is 2. The summed E-state index contributed by atoms with van der Waals surface area (Å²) in [6, 6.07) is 3.57. The summed E-state index contributed by atoms with van der Waals surface area (Å²) < 4.78 is 33.8. The summed E-state index contributed by atoms with van der Waals surface area (Å²) in [5.74, 6) is -0.758. The largest absolute Gasteiger partial charge is 0.450 e. The normalized spacial score (nSPS) is 17.4. The van der Waals surface area contributed by atoms with Crippen LogP contribution in [-0.2, 0) is 30.8 Å². The van der Waals surface area contributed by atoms with Gasteiger partial charge < -0.3 is 19.9 Å². The number of amides is 3. The molecule has 3 rings (SSSR count). The molecule has 2 heterocycles. The number of rotatable bonds is 7. The Hall–Kier alpha value is -2.66. The average Bonchev–Trinajstić information content (AvgIpc) is 3.21. The molecule has 1 fully saturated rings. The summed E-state index contributed by atoms with van der Waals surface area (Å²) in [5, 5.41) is 2.94. The fourth-order valence-electron chi connectivity index (χ4n) is 4.31. The van der Waals surface area contributed by atoms with Crippen LogP contribution in [0.3, 0.4) is 0 Å². The fraction of sp³-hybridized carbons (Fsp3) is 0.609. The minimum atomic E-state index is -3.96. The van der Waals surface area contributed by atoms with Gasteiger partial charge in [-0.25, -0.2) is 13.2 Å². The molecule has 188 valence electrons. The van der Waals surface area contributed by atoms with Crippen LogP contribution in [0.1, 0.15) is 46.1 Å². The van der Waals surface area contributed by atoms with Gasteiger partial charge in [-0.1, -0.05) is 13.8 Å². The number of fused-ring (bicyclic) bond motifs is 1. The lowest BCUT2D eigenvalue weighted by molar-refractivity contribution is -0.124. The van der Waals surface area contributed by atoms with Gasteiger partial charge in [0.2, 0.25) is 21.8 Å². The van der Waals surface area contributed by atoms with E-state index in [-0.39, 0.29) is 28.9 Å². The van der Waals surface area contributed by atoms with E-state index < -0.39 is 22.0 Å². The highest BCUT2D eigenvalue weighted by Gasteiger charge is 2.32. The molecular formula is C23H34N4O6S. The van der Waals surface area contributed by atoms with Crippen molar-refractivity contribution in [1.29, 1.82) is 0 Å². The smallest absolute Gasteiger partial charge is 0.409 e. The Morgan fingerprint density at radius 3 is 2.41 bits per heavy atom. The number of hydrogen-bond acceptors (Lipinski definition) is 6. The van der Waals surface area contributed by atoms with Crippen molar-refractivity contribution in [3.8, 4) is 0 Å². The molecule has 0 aromatic heterocycles. The van der Waals surface area contributed by atoms with Gasteiger partial charge in [-0.05, 0) is 55.9 Å². The van der Waals surface area contributed by atoms with Gasteiger partial charge in [0, 0.05) is 38.3 Å².